The molecule has 0 aliphatic carbocycles. The Morgan fingerprint density at radius 1 is 1.03 bits per heavy atom. The number of primary amides is 1. The molecule has 0 aliphatic heterocycles. The number of carbonyl (C=O) groups is 1. The van der Waals surface area contributed by atoms with Crippen LogP contribution >= 0.6 is 0 Å². The zero-order chi connectivity index (χ0) is 22.4. The summed E-state index contributed by atoms with van der Waals surface area (Å²) < 4.78 is 0. The maximum Gasteiger partial charge on any atom is 0.271 e. The Morgan fingerprint density at radius 2 is 1.73 bits per heavy atom. The lowest BCUT2D eigenvalue weighted by Crippen LogP contribution is -2.21. The smallest absolute Gasteiger partial charge is 0.271 e. The highest BCUT2D eigenvalue weighted by molar-refractivity contribution is 5.96. The lowest BCUT2D eigenvalue weighted by Gasteiger charge is -2.20. The summed E-state index contributed by atoms with van der Waals surface area (Å²) in [4.78, 5) is 21.8. The molecular formula is C24H37N5O. The van der Waals surface area contributed by atoms with Crippen molar-refractivity contribution in [1.29, 1.82) is 0 Å². The van der Waals surface area contributed by atoms with Gasteiger partial charge in [-0.2, -0.15) is 0 Å². The summed E-state index contributed by atoms with van der Waals surface area (Å²) in [5.41, 5.74) is 15.5. The first-order valence-corrected chi connectivity index (χ1v) is 10.9. The maximum absolute atomic E-state index is 12.2. The number of hydrogen-bond acceptors (Lipinski definition) is 5. The summed E-state index contributed by atoms with van der Waals surface area (Å²) in [5.74, 6) is 1.22. The number of anilines is 2. The molecule has 6 nitrogen and oxygen atoms in total. The third kappa shape index (κ3) is 6.26. The molecule has 2 rings (SSSR count). The molecule has 30 heavy (non-hydrogen) atoms. The quantitative estimate of drug-likeness (QED) is 0.524. The highest BCUT2D eigenvalue weighted by Gasteiger charge is 2.22. The van der Waals surface area contributed by atoms with Crippen LogP contribution in [0.2, 0.25) is 0 Å². The van der Waals surface area contributed by atoms with Crippen LogP contribution in [0.15, 0.2) is 24.3 Å². The van der Waals surface area contributed by atoms with Crippen molar-refractivity contribution in [3.8, 4) is 0 Å². The largest absolute Gasteiger partial charge is 0.364 e. The average Bonchev–Trinajstić information content (AvgIpc) is 2.66. The van der Waals surface area contributed by atoms with Crippen LogP contribution in [-0.2, 0) is 6.42 Å². The third-order valence-corrected chi connectivity index (χ3v) is 5.20. The molecule has 6 heteroatoms. The third-order valence-electron chi connectivity index (χ3n) is 5.20. The fraction of sp³-hybridized carbons (Fsp3) is 0.542. The van der Waals surface area contributed by atoms with E-state index in [4.69, 9.17) is 21.4 Å². The van der Waals surface area contributed by atoms with Gasteiger partial charge < -0.3 is 16.8 Å². The first kappa shape index (κ1) is 23.8. The Balaban J connectivity index is 2.51. The number of aromatic nitrogens is 2. The monoisotopic (exact) mass is 411 g/mol. The lowest BCUT2D eigenvalue weighted by molar-refractivity contribution is 0.0996. The van der Waals surface area contributed by atoms with E-state index in [1.165, 1.54) is 0 Å². The van der Waals surface area contributed by atoms with E-state index in [0.717, 1.165) is 35.5 Å². The van der Waals surface area contributed by atoms with Crippen molar-refractivity contribution in [2.45, 2.75) is 66.2 Å². The van der Waals surface area contributed by atoms with Crippen LogP contribution < -0.4 is 16.8 Å². The lowest BCUT2D eigenvalue weighted by atomic mass is 9.92. The first-order chi connectivity index (χ1) is 14.1. The minimum atomic E-state index is -0.578. The van der Waals surface area contributed by atoms with Crippen LogP contribution in [0.5, 0.6) is 0 Å². The second-order valence-corrected chi connectivity index (χ2v) is 9.13. The predicted octanol–water partition coefficient (Wildman–Crippen LogP) is 4.73. The SMILES string of the molecule is CC(C)Cc1nc(Nc2cccc([C@@H](C)CN)c2)c(C(N)=O)nc1C(C)CC(C)C. The number of amides is 1. The normalized spacial score (nSPS) is 13.5. The van der Waals surface area contributed by atoms with Gasteiger partial charge in [-0.3, -0.25) is 4.79 Å². The van der Waals surface area contributed by atoms with Gasteiger partial charge in [-0.15, -0.1) is 0 Å². The molecule has 2 atom stereocenters. The van der Waals surface area contributed by atoms with Crippen LogP contribution in [0.3, 0.4) is 0 Å². The average molecular weight is 412 g/mol. The highest BCUT2D eigenvalue weighted by atomic mass is 16.1. The van der Waals surface area contributed by atoms with E-state index in [1.54, 1.807) is 0 Å². The molecule has 1 unspecified atom stereocenters. The molecule has 0 aliphatic rings. The van der Waals surface area contributed by atoms with Crippen molar-refractivity contribution >= 4 is 17.4 Å². The van der Waals surface area contributed by atoms with Gasteiger partial charge in [0.15, 0.2) is 11.5 Å². The molecule has 0 radical (unpaired) electrons. The van der Waals surface area contributed by atoms with Gasteiger partial charge in [0.25, 0.3) is 5.91 Å². The van der Waals surface area contributed by atoms with Gasteiger partial charge in [-0.05, 0) is 54.8 Å². The van der Waals surface area contributed by atoms with Crippen LogP contribution in [0.25, 0.3) is 0 Å². The molecule has 1 amide bonds. The number of nitrogens with one attached hydrogen (secondary N) is 1. The van der Waals surface area contributed by atoms with Gasteiger partial charge in [0.05, 0.1) is 11.4 Å². The van der Waals surface area contributed by atoms with Crippen molar-refractivity contribution in [2.75, 3.05) is 11.9 Å². The summed E-state index contributed by atoms with van der Waals surface area (Å²) in [5, 5.41) is 3.28. The van der Waals surface area contributed by atoms with Crippen LogP contribution in [0, 0.1) is 11.8 Å². The Hall–Kier alpha value is -2.47. The fourth-order valence-electron chi connectivity index (χ4n) is 3.69. The van der Waals surface area contributed by atoms with Gasteiger partial charge in [0.1, 0.15) is 0 Å². The number of benzene rings is 1. The van der Waals surface area contributed by atoms with E-state index >= 15 is 0 Å². The fourth-order valence-corrected chi connectivity index (χ4v) is 3.69. The van der Waals surface area contributed by atoms with Crippen LogP contribution in [0.1, 0.15) is 87.2 Å². The van der Waals surface area contributed by atoms with E-state index in [1.807, 2.05) is 24.3 Å². The second-order valence-electron chi connectivity index (χ2n) is 9.13. The molecule has 0 spiro atoms. The van der Waals surface area contributed by atoms with Gasteiger partial charge in [0.2, 0.25) is 0 Å². The van der Waals surface area contributed by atoms with Crippen LogP contribution in [0.4, 0.5) is 11.5 Å². The summed E-state index contributed by atoms with van der Waals surface area (Å²) in [6.45, 7) is 13.5. The van der Waals surface area contributed by atoms with Crippen molar-refractivity contribution in [3.05, 3.63) is 46.9 Å². The van der Waals surface area contributed by atoms with E-state index in [9.17, 15) is 4.79 Å². The number of nitrogens with two attached hydrogens (primary N) is 2. The molecule has 5 N–H and O–H groups in total. The molecule has 1 aromatic carbocycles. The predicted molar refractivity (Wildman–Crippen MR) is 124 cm³/mol. The maximum atomic E-state index is 12.2. The molecule has 2 aromatic rings. The summed E-state index contributed by atoms with van der Waals surface area (Å²) >= 11 is 0. The first-order valence-electron chi connectivity index (χ1n) is 10.9. The zero-order valence-corrected chi connectivity index (χ0v) is 19.2. The minimum Gasteiger partial charge on any atom is -0.364 e. The van der Waals surface area contributed by atoms with Crippen molar-refractivity contribution in [3.63, 3.8) is 0 Å². The molecule has 0 saturated heterocycles. The minimum absolute atomic E-state index is 0.186. The molecule has 164 valence electrons. The molecule has 0 saturated carbocycles. The molecule has 0 fully saturated rings. The topological polar surface area (TPSA) is 107 Å². The van der Waals surface area contributed by atoms with E-state index < -0.39 is 5.91 Å². The van der Waals surface area contributed by atoms with Crippen molar-refractivity contribution < 1.29 is 4.79 Å². The van der Waals surface area contributed by atoms with Crippen molar-refractivity contribution in [2.24, 2.45) is 23.3 Å². The Morgan fingerprint density at radius 3 is 2.30 bits per heavy atom. The molecule has 0 bridgehead atoms. The summed E-state index contributed by atoms with van der Waals surface area (Å²) in [7, 11) is 0. The molecular weight excluding hydrogens is 374 g/mol. The van der Waals surface area contributed by atoms with E-state index in [2.05, 4.69) is 46.9 Å². The van der Waals surface area contributed by atoms with E-state index in [-0.39, 0.29) is 17.5 Å². The Labute approximate surface area is 180 Å². The number of carbonyl (C=O) groups excluding carboxylic acids is 1. The van der Waals surface area contributed by atoms with Crippen molar-refractivity contribution in [1.82, 2.24) is 9.97 Å². The summed E-state index contributed by atoms with van der Waals surface area (Å²) in [6, 6.07) is 7.98. The van der Waals surface area contributed by atoms with Crippen LogP contribution in [-0.4, -0.2) is 22.4 Å². The highest BCUT2D eigenvalue weighted by Crippen LogP contribution is 2.29. The van der Waals surface area contributed by atoms with Gasteiger partial charge in [-0.25, -0.2) is 9.97 Å². The summed E-state index contributed by atoms with van der Waals surface area (Å²) in [6.07, 6.45) is 1.77. The molecule has 1 heterocycles. The standard InChI is InChI=1S/C24H37N5O/c1-14(2)10-16(5)21-20(11-15(3)4)28-24(22(29-21)23(26)30)27-19-9-7-8-18(12-19)17(6)13-25/h7-9,12,14-17H,10-11,13,25H2,1-6H3,(H2,26,30)(H,27,28)/t16?,17-/m0/s1. The number of rotatable bonds is 10. The number of nitrogens with zero attached hydrogens (tertiary/aromatic N) is 2. The number of hydrogen-bond donors (Lipinski definition) is 3. The van der Waals surface area contributed by atoms with Gasteiger partial charge in [-0.1, -0.05) is 53.7 Å². The molecule has 1 aromatic heterocycles. The Kier molecular flexibility index (Phi) is 8.35. The van der Waals surface area contributed by atoms with Gasteiger partial charge >= 0.3 is 0 Å². The zero-order valence-electron chi connectivity index (χ0n) is 19.2. The Bertz CT molecular complexity index is 863. The van der Waals surface area contributed by atoms with Gasteiger partial charge in [0, 0.05) is 11.6 Å². The second kappa shape index (κ2) is 10.5. The van der Waals surface area contributed by atoms with E-state index in [0.29, 0.717) is 24.2 Å².